The number of hydrogen-bond acceptors (Lipinski definition) is 3. The maximum Gasteiger partial charge on any atom is 0.308 e. The van der Waals surface area contributed by atoms with Crippen molar-refractivity contribution in [1.82, 2.24) is 5.32 Å². The maximum atomic E-state index is 11.7. The highest BCUT2D eigenvalue weighted by Crippen LogP contribution is 2.11. The summed E-state index contributed by atoms with van der Waals surface area (Å²) < 4.78 is 5.42. The first kappa shape index (κ1) is 17.0. The van der Waals surface area contributed by atoms with Crippen LogP contribution in [0.25, 0.3) is 0 Å². The van der Waals surface area contributed by atoms with Crippen molar-refractivity contribution in [3.05, 3.63) is 30.3 Å². The van der Waals surface area contributed by atoms with Gasteiger partial charge in [0.05, 0.1) is 18.9 Å². The van der Waals surface area contributed by atoms with E-state index in [1.807, 2.05) is 44.2 Å². The van der Waals surface area contributed by atoms with Crippen LogP contribution in [-0.2, 0) is 9.59 Å². The van der Waals surface area contributed by atoms with E-state index in [1.165, 1.54) is 0 Å². The number of carbonyl (C=O) groups excluding carboxylic acids is 1. The summed E-state index contributed by atoms with van der Waals surface area (Å²) in [4.78, 5) is 22.7. The lowest BCUT2D eigenvalue weighted by molar-refractivity contribution is -0.142. The van der Waals surface area contributed by atoms with E-state index in [2.05, 4.69) is 5.32 Å². The van der Waals surface area contributed by atoms with Crippen LogP contribution in [0.4, 0.5) is 0 Å². The summed E-state index contributed by atoms with van der Waals surface area (Å²) in [5.41, 5.74) is 0. The van der Waals surface area contributed by atoms with Gasteiger partial charge >= 0.3 is 5.97 Å². The van der Waals surface area contributed by atoms with Crippen molar-refractivity contribution >= 4 is 11.9 Å². The number of carboxylic acid groups (broad SMARTS) is 1. The van der Waals surface area contributed by atoms with Crippen LogP contribution in [0.3, 0.4) is 0 Å². The van der Waals surface area contributed by atoms with E-state index in [0.717, 1.165) is 0 Å². The van der Waals surface area contributed by atoms with Gasteiger partial charge in [-0.05, 0) is 24.5 Å². The highest BCUT2D eigenvalue weighted by Gasteiger charge is 2.19. The van der Waals surface area contributed by atoms with Gasteiger partial charge in [0.15, 0.2) is 0 Å². The Morgan fingerprint density at radius 2 is 1.90 bits per heavy atom. The molecular weight excluding hydrogens is 270 g/mol. The Kier molecular flexibility index (Phi) is 7.29. The minimum Gasteiger partial charge on any atom is -0.493 e. The van der Waals surface area contributed by atoms with E-state index < -0.39 is 11.9 Å². The first-order valence-electron chi connectivity index (χ1n) is 7.16. The minimum atomic E-state index is -0.871. The Morgan fingerprint density at radius 3 is 2.48 bits per heavy atom. The number of aliphatic carboxylic acids is 1. The van der Waals surface area contributed by atoms with Crippen LogP contribution in [0.15, 0.2) is 30.3 Å². The van der Waals surface area contributed by atoms with E-state index in [0.29, 0.717) is 12.2 Å². The molecule has 0 bridgehead atoms. The van der Waals surface area contributed by atoms with Crippen LogP contribution in [0, 0.1) is 11.8 Å². The van der Waals surface area contributed by atoms with Crippen LogP contribution >= 0.6 is 0 Å². The SMILES string of the molecule is CC(C)CC(CNC(=O)CCOc1ccccc1)C(=O)O. The molecule has 1 atom stereocenters. The molecule has 21 heavy (non-hydrogen) atoms. The number of benzene rings is 1. The smallest absolute Gasteiger partial charge is 0.308 e. The Labute approximate surface area is 125 Å². The van der Waals surface area contributed by atoms with Gasteiger partial charge in [-0.1, -0.05) is 32.0 Å². The average molecular weight is 293 g/mol. The first-order chi connectivity index (χ1) is 9.99. The van der Waals surface area contributed by atoms with Crippen LogP contribution in [-0.4, -0.2) is 30.1 Å². The molecule has 1 unspecified atom stereocenters. The summed E-state index contributed by atoms with van der Waals surface area (Å²) in [7, 11) is 0. The molecule has 0 aliphatic heterocycles. The molecule has 0 saturated carbocycles. The number of carbonyl (C=O) groups is 2. The molecule has 2 N–H and O–H groups in total. The second-order valence-corrected chi connectivity index (χ2v) is 5.38. The number of para-hydroxylation sites is 1. The Hall–Kier alpha value is -2.04. The Morgan fingerprint density at radius 1 is 1.24 bits per heavy atom. The summed E-state index contributed by atoms with van der Waals surface area (Å²) >= 11 is 0. The summed E-state index contributed by atoms with van der Waals surface area (Å²) in [6, 6.07) is 9.25. The number of carboxylic acids is 1. The molecule has 1 aromatic carbocycles. The standard InChI is InChI=1S/C16H23NO4/c1-12(2)10-13(16(19)20)11-17-15(18)8-9-21-14-6-4-3-5-7-14/h3-7,12-13H,8-11H2,1-2H3,(H,17,18)(H,19,20). The molecule has 5 heteroatoms. The summed E-state index contributed by atoms with van der Waals surface area (Å²) in [5, 5.41) is 11.7. The number of rotatable bonds is 9. The fourth-order valence-corrected chi connectivity index (χ4v) is 1.94. The third kappa shape index (κ3) is 7.34. The Bertz CT molecular complexity index is 445. The average Bonchev–Trinajstić information content (AvgIpc) is 2.44. The van der Waals surface area contributed by atoms with Gasteiger partial charge in [0.25, 0.3) is 0 Å². The molecule has 116 valence electrons. The van der Waals surface area contributed by atoms with Gasteiger partial charge in [-0.2, -0.15) is 0 Å². The summed E-state index contributed by atoms with van der Waals surface area (Å²) in [5.74, 6) is -0.604. The quantitative estimate of drug-likeness (QED) is 0.732. The second-order valence-electron chi connectivity index (χ2n) is 5.38. The molecule has 0 spiro atoms. The van der Waals surface area contributed by atoms with E-state index in [9.17, 15) is 9.59 Å². The van der Waals surface area contributed by atoms with Crippen LogP contribution in [0.2, 0.25) is 0 Å². The van der Waals surface area contributed by atoms with Crippen LogP contribution in [0.5, 0.6) is 5.75 Å². The lowest BCUT2D eigenvalue weighted by atomic mass is 9.97. The van der Waals surface area contributed by atoms with Crippen molar-refractivity contribution in [1.29, 1.82) is 0 Å². The predicted octanol–water partition coefficient (Wildman–Crippen LogP) is 2.32. The van der Waals surface area contributed by atoms with E-state index >= 15 is 0 Å². The van der Waals surface area contributed by atoms with Gasteiger partial charge in [-0.3, -0.25) is 9.59 Å². The Balaban J connectivity index is 2.25. The topological polar surface area (TPSA) is 75.6 Å². The molecule has 1 rings (SSSR count). The van der Waals surface area contributed by atoms with Gasteiger partial charge in [0.1, 0.15) is 5.75 Å². The van der Waals surface area contributed by atoms with E-state index in [4.69, 9.17) is 9.84 Å². The maximum absolute atomic E-state index is 11.7. The fourth-order valence-electron chi connectivity index (χ4n) is 1.94. The monoisotopic (exact) mass is 293 g/mol. The van der Waals surface area contributed by atoms with Gasteiger partial charge in [-0.15, -0.1) is 0 Å². The lowest BCUT2D eigenvalue weighted by Gasteiger charge is -2.15. The largest absolute Gasteiger partial charge is 0.493 e. The molecule has 5 nitrogen and oxygen atoms in total. The normalized spacial score (nSPS) is 12.0. The number of hydrogen-bond donors (Lipinski definition) is 2. The first-order valence-corrected chi connectivity index (χ1v) is 7.16. The molecule has 0 fully saturated rings. The highest BCUT2D eigenvalue weighted by atomic mass is 16.5. The zero-order valence-electron chi connectivity index (χ0n) is 12.5. The van der Waals surface area contributed by atoms with Crippen molar-refractivity contribution in [2.24, 2.45) is 11.8 Å². The third-order valence-corrected chi connectivity index (χ3v) is 2.99. The number of ether oxygens (including phenoxy) is 1. The van der Waals surface area contributed by atoms with Gasteiger partial charge in [0, 0.05) is 6.54 Å². The molecular formula is C16H23NO4. The number of nitrogens with one attached hydrogen (secondary N) is 1. The molecule has 0 aliphatic carbocycles. The molecule has 1 aromatic rings. The van der Waals surface area contributed by atoms with E-state index in [-0.39, 0.29) is 31.4 Å². The fraction of sp³-hybridized carbons (Fsp3) is 0.500. The summed E-state index contributed by atoms with van der Waals surface area (Å²) in [6.45, 7) is 4.37. The number of amides is 1. The van der Waals surface area contributed by atoms with Gasteiger partial charge in [0.2, 0.25) is 5.91 Å². The molecule has 0 heterocycles. The van der Waals surface area contributed by atoms with E-state index in [1.54, 1.807) is 0 Å². The lowest BCUT2D eigenvalue weighted by Crippen LogP contribution is -2.34. The molecule has 1 amide bonds. The third-order valence-electron chi connectivity index (χ3n) is 2.99. The predicted molar refractivity (Wildman–Crippen MR) is 80.1 cm³/mol. The highest BCUT2D eigenvalue weighted by molar-refractivity contribution is 5.77. The van der Waals surface area contributed by atoms with Crippen LogP contribution in [0.1, 0.15) is 26.7 Å². The zero-order valence-corrected chi connectivity index (χ0v) is 12.5. The van der Waals surface area contributed by atoms with Gasteiger partial charge in [-0.25, -0.2) is 0 Å². The second kappa shape index (κ2) is 9.00. The van der Waals surface area contributed by atoms with Crippen molar-refractivity contribution in [2.75, 3.05) is 13.2 Å². The van der Waals surface area contributed by atoms with Crippen molar-refractivity contribution in [2.45, 2.75) is 26.7 Å². The zero-order chi connectivity index (χ0) is 15.7. The molecule has 0 radical (unpaired) electrons. The van der Waals surface area contributed by atoms with Crippen molar-refractivity contribution in [3.8, 4) is 5.75 Å². The molecule has 0 saturated heterocycles. The molecule has 0 aromatic heterocycles. The van der Waals surface area contributed by atoms with Crippen LogP contribution < -0.4 is 10.1 Å². The summed E-state index contributed by atoms with van der Waals surface area (Å²) in [6.07, 6.45) is 0.763. The van der Waals surface area contributed by atoms with Crippen molar-refractivity contribution in [3.63, 3.8) is 0 Å². The van der Waals surface area contributed by atoms with Crippen molar-refractivity contribution < 1.29 is 19.4 Å². The van der Waals surface area contributed by atoms with Gasteiger partial charge < -0.3 is 15.2 Å². The molecule has 0 aliphatic rings. The minimum absolute atomic E-state index is 0.164.